The molecule has 0 spiro atoms. The molecule has 2 aliphatic heterocycles. The van der Waals surface area contributed by atoms with Gasteiger partial charge in [-0.25, -0.2) is 4.98 Å². The Balaban J connectivity index is 1.50. The molecule has 5 rings (SSSR count). The highest BCUT2D eigenvalue weighted by molar-refractivity contribution is 6.01. The third-order valence-corrected chi connectivity index (χ3v) is 6.15. The summed E-state index contributed by atoms with van der Waals surface area (Å²) in [6.45, 7) is 2.86. The highest BCUT2D eigenvalue weighted by Crippen LogP contribution is 2.49. The minimum atomic E-state index is -0.882. The van der Waals surface area contributed by atoms with Gasteiger partial charge >= 0.3 is 0 Å². The molecule has 2 bridgehead atoms. The Kier molecular flexibility index (Phi) is 3.87. The second kappa shape index (κ2) is 6.34. The number of ether oxygens (including phenoxy) is 1. The second-order valence-electron chi connectivity index (χ2n) is 7.92. The first-order valence-electron chi connectivity index (χ1n) is 9.76. The van der Waals surface area contributed by atoms with Gasteiger partial charge < -0.3 is 19.9 Å². The van der Waals surface area contributed by atoms with Crippen molar-refractivity contribution >= 4 is 22.8 Å². The summed E-state index contributed by atoms with van der Waals surface area (Å²) in [6.07, 6.45) is 2.31. The molecular formula is C22H22N4O3. The first-order chi connectivity index (χ1) is 14.0. The lowest BCUT2D eigenvalue weighted by molar-refractivity contribution is -0.175. The standard InChI is InChI=1S/C22H22N4O3/c1-22-12-15(14-6-2-5-9-18(14)29-22)19(20(23)27)21(28)26(22)11-10-25-13-24-16-7-3-4-8-17(16)25/h2-9,13,15,19H,10-12H2,1H3,(H2,23,27)/t15-,19-,22-/m0/s1. The van der Waals surface area contributed by atoms with E-state index in [9.17, 15) is 9.59 Å². The van der Waals surface area contributed by atoms with Gasteiger partial charge in [0.25, 0.3) is 0 Å². The molecule has 1 saturated heterocycles. The lowest BCUT2D eigenvalue weighted by atomic mass is 9.73. The molecule has 1 fully saturated rings. The monoisotopic (exact) mass is 390 g/mol. The number of benzene rings is 2. The van der Waals surface area contributed by atoms with Crippen LogP contribution in [0.4, 0.5) is 0 Å². The molecule has 7 heteroatoms. The summed E-state index contributed by atoms with van der Waals surface area (Å²) in [5.41, 5.74) is 7.64. The maximum atomic E-state index is 13.3. The molecule has 1 aromatic heterocycles. The quantitative estimate of drug-likeness (QED) is 0.692. The van der Waals surface area contributed by atoms with Gasteiger partial charge in [0.05, 0.1) is 17.4 Å². The summed E-state index contributed by atoms with van der Waals surface area (Å²) in [7, 11) is 0. The number of primary amides is 1. The third-order valence-electron chi connectivity index (χ3n) is 6.15. The highest BCUT2D eigenvalue weighted by Gasteiger charge is 2.55. The summed E-state index contributed by atoms with van der Waals surface area (Å²) < 4.78 is 8.29. The van der Waals surface area contributed by atoms with Crippen LogP contribution in [-0.4, -0.2) is 38.5 Å². The van der Waals surface area contributed by atoms with Crippen LogP contribution in [0.2, 0.25) is 0 Å². The number of fused-ring (bicyclic) bond motifs is 5. The fraction of sp³-hybridized carbons (Fsp3) is 0.318. The zero-order chi connectivity index (χ0) is 20.2. The van der Waals surface area contributed by atoms with Crippen LogP contribution in [0.15, 0.2) is 54.9 Å². The van der Waals surface area contributed by atoms with E-state index in [4.69, 9.17) is 10.5 Å². The van der Waals surface area contributed by atoms with Crippen LogP contribution in [0.3, 0.4) is 0 Å². The molecular weight excluding hydrogens is 368 g/mol. The van der Waals surface area contributed by atoms with E-state index in [0.717, 1.165) is 16.6 Å². The fourth-order valence-corrected chi connectivity index (χ4v) is 4.78. The van der Waals surface area contributed by atoms with Gasteiger partial charge in [-0.05, 0) is 30.7 Å². The molecule has 3 aromatic rings. The van der Waals surface area contributed by atoms with Crippen LogP contribution < -0.4 is 10.5 Å². The summed E-state index contributed by atoms with van der Waals surface area (Å²) in [4.78, 5) is 31.7. The van der Waals surface area contributed by atoms with Crippen LogP contribution in [0, 0.1) is 5.92 Å². The average Bonchev–Trinajstić information content (AvgIpc) is 3.10. The van der Waals surface area contributed by atoms with E-state index in [0.29, 0.717) is 25.3 Å². The third kappa shape index (κ3) is 2.68. The van der Waals surface area contributed by atoms with E-state index in [1.807, 2.05) is 60.0 Å². The van der Waals surface area contributed by atoms with Crippen LogP contribution in [0.1, 0.15) is 24.8 Å². The molecule has 148 valence electrons. The second-order valence-corrected chi connectivity index (χ2v) is 7.92. The number of rotatable bonds is 4. The fourth-order valence-electron chi connectivity index (χ4n) is 4.78. The Bertz CT molecular complexity index is 1120. The molecule has 2 amide bonds. The number of amides is 2. The summed E-state index contributed by atoms with van der Waals surface area (Å²) in [5, 5.41) is 0. The predicted octanol–water partition coefficient (Wildman–Crippen LogP) is 2.26. The molecule has 0 radical (unpaired) electrons. The van der Waals surface area contributed by atoms with Gasteiger partial charge in [-0.15, -0.1) is 0 Å². The molecule has 3 atom stereocenters. The largest absolute Gasteiger partial charge is 0.468 e. The number of hydrogen-bond donors (Lipinski definition) is 1. The molecule has 0 saturated carbocycles. The Labute approximate surface area is 168 Å². The van der Waals surface area contributed by atoms with E-state index >= 15 is 0 Å². The summed E-state index contributed by atoms with van der Waals surface area (Å²) in [6, 6.07) is 15.4. The van der Waals surface area contributed by atoms with Crippen molar-refractivity contribution < 1.29 is 14.3 Å². The van der Waals surface area contributed by atoms with Crippen molar-refractivity contribution in [2.75, 3.05) is 6.54 Å². The first kappa shape index (κ1) is 17.7. The van der Waals surface area contributed by atoms with Gasteiger partial charge in [0.2, 0.25) is 11.8 Å². The molecule has 7 nitrogen and oxygen atoms in total. The van der Waals surface area contributed by atoms with Crippen molar-refractivity contribution in [3.63, 3.8) is 0 Å². The van der Waals surface area contributed by atoms with Gasteiger partial charge in [0.15, 0.2) is 5.72 Å². The van der Waals surface area contributed by atoms with Crippen molar-refractivity contribution in [2.24, 2.45) is 11.7 Å². The maximum Gasteiger partial charge on any atom is 0.238 e. The molecule has 2 aromatic carbocycles. The minimum Gasteiger partial charge on any atom is -0.468 e. The molecule has 29 heavy (non-hydrogen) atoms. The van der Waals surface area contributed by atoms with Crippen molar-refractivity contribution in [3.05, 3.63) is 60.4 Å². The van der Waals surface area contributed by atoms with Crippen LogP contribution >= 0.6 is 0 Å². The molecule has 0 aliphatic carbocycles. The van der Waals surface area contributed by atoms with Gasteiger partial charge in [-0.3, -0.25) is 9.59 Å². The number of imidazole rings is 1. The van der Waals surface area contributed by atoms with Crippen molar-refractivity contribution in [3.8, 4) is 5.75 Å². The number of hydrogen-bond acceptors (Lipinski definition) is 4. The van der Waals surface area contributed by atoms with E-state index in [1.54, 1.807) is 11.2 Å². The van der Waals surface area contributed by atoms with Crippen LogP contribution in [0.5, 0.6) is 5.75 Å². The highest BCUT2D eigenvalue weighted by atomic mass is 16.5. The lowest BCUT2D eigenvalue weighted by Gasteiger charge is -2.52. The first-order valence-corrected chi connectivity index (χ1v) is 9.76. The molecule has 3 heterocycles. The van der Waals surface area contributed by atoms with Gasteiger partial charge in [0.1, 0.15) is 11.7 Å². The Morgan fingerprint density at radius 2 is 1.97 bits per heavy atom. The number of carbonyl (C=O) groups excluding carboxylic acids is 2. The summed E-state index contributed by atoms with van der Waals surface area (Å²) >= 11 is 0. The Morgan fingerprint density at radius 3 is 2.79 bits per heavy atom. The van der Waals surface area contributed by atoms with Crippen LogP contribution in [0.25, 0.3) is 11.0 Å². The van der Waals surface area contributed by atoms with Crippen molar-refractivity contribution in [1.82, 2.24) is 14.5 Å². The van der Waals surface area contributed by atoms with Gasteiger partial charge in [-0.1, -0.05) is 30.3 Å². The average molecular weight is 390 g/mol. The van der Waals surface area contributed by atoms with E-state index in [2.05, 4.69) is 4.98 Å². The summed E-state index contributed by atoms with van der Waals surface area (Å²) in [5.74, 6) is -1.29. The smallest absolute Gasteiger partial charge is 0.238 e. The lowest BCUT2D eigenvalue weighted by Crippen LogP contribution is -2.65. The maximum absolute atomic E-state index is 13.3. The minimum absolute atomic E-state index is 0.264. The SMILES string of the molecule is C[C@@]12C[C@@H](c3ccccc3O1)[C@@H](C(N)=O)C(=O)N2CCn1cnc2ccccc21. The molecule has 2 aliphatic rings. The topological polar surface area (TPSA) is 90.5 Å². The van der Waals surface area contributed by atoms with Crippen molar-refractivity contribution in [1.29, 1.82) is 0 Å². The normalized spacial score (nSPS) is 25.6. The number of aromatic nitrogens is 2. The molecule has 0 unspecified atom stereocenters. The Hall–Kier alpha value is -3.35. The van der Waals surface area contributed by atoms with E-state index < -0.39 is 17.6 Å². The predicted molar refractivity (Wildman–Crippen MR) is 107 cm³/mol. The number of carbonyl (C=O) groups is 2. The van der Waals surface area contributed by atoms with Gasteiger partial charge in [0, 0.05) is 25.4 Å². The number of piperidine rings is 1. The zero-order valence-electron chi connectivity index (χ0n) is 16.1. The van der Waals surface area contributed by atoms with Gasteiger partial charge in [-0.2, -0.15) is 0 Å². The number of nitrogens with two attached hydrogens (primary N) is 1. The zero-order valence-corrected chi connectivity index (χ0v) is 16.1. The van der Waals surface area contributed by atoms with E-state index in [-0.39, 0.29) is 11.8 Å². The van der Waals surface area contributed by atoms with Crippen LogP contribution in [-0.2, 0) is 16.1 Å². The molecule has 2 N–H and O–H groups in total. The Morgan fingerprint density at radius 1 is 1.21 bits per heavy atom. The van der Waals surface area contributed by atoms with E-state index in [1.165, 1.54) is 0 Å². The number of likely N-dealkylation sites (tertiary alicyclic amines) is 1. The van der Waals surface area contributed by atoms with Crippen molar-refractivity contribution in [2.45, 2.75) is 31.5 Å². The number of nitrogens with zero attached hydrogens (tertiary/aromatic N) is 3. The number of para-hydroxylation sites is 3.